The molecule has 4 aromatic rings. The molecule has 0 fully saturated rings. The van der Waals surface area contributed by atoms with Crippen molar-refractivity contribution < 1.29 is 0 Å². The third kappa shape index (κ3) is 3.72. The number of hydrogen-bond donors (Lipinski definition) is 0. The molecule has 0 spiro atoms. The van der Waals surface area contributed by atoms with Crippen molar-refractivity contribution in [1.82, 2.24) is 19.3 Å². The monoisotopic (exact) mass is 398 g/mol. The molecule has 0 bridgehead atoms. The summed E-state index contributed by atoms with van der Waals surface area (Å²) in [4.78, 5) is 26.6. The van der Waals surface area contributed by atoms with Crippen LogP contribution < -0.4 is 11.2 Å². The van der Waals surface area contributed by atoms with Gasteiger partial charge in [-0.15, -0.1) is 0 Å². The van der Waals surface area contributed by atoms with E-state index in [0.717, 1.165) is 11.1 Å². The van der Waals surface area contributed by atoms with Gasteiger partial charge in [0.2, 0.25) is 0 Å². The van der Waals surface area contributed by atoms with Crippen molar-refractivity contribution in [3.63, 3.8) is 0 Å². The van der Waals surface area contributed by atoms with Crippen LogP contribution in [0.2, 0.25) is 0 Å². The summed E-state index contributed by atoms with van der Waals surface area (Å²) in [6.07, 6.45) is 3.84. The normalized spacial score (nSPS) is 11.0. The molecular formula is C24H22N4O2. The van der Waals surface area contributed by atoms with Crippen molar-refractivity contribution in [2.45, 2.75) is 25.9 Å². The van der Waals surface area contributed by atoms with E-state index in [4.69, 9.17) is 0 Å². The maximum absolute atomic E-state index is 13.4. The molecule has 0 unspecified atom stereocenters. The van der Waals surface area contributed by atoms with Crippen LogP contribution in [0.1, 0.15) is 30.5 Å². The summed E-state index contributed by atoms with van der Waals surface area (Å²) in [6.45, 7) is 2.28. The molecule has 0 N–H and O–H groups in total. The van der Waals surface area contributed by atoms with Gasteiger partial charge in [0.05, 0.1) is 17.3 Å². The van der Waals surface area contributed by atoms with Crippen molar-refractivity contribution in [2.75, 3.05) is 0 Å². The summed E-state index contributed by atoms with van der Waals surface area (Å²) in [5.41, 5.74) is 2.02. The van der Waals surface area contributed by atoms with Crippen LogP contribution in [0.4, 0.5) is 0 Å². The zero-order valence-electron chi connectivity index (χ0n) is 16.7. The highest BCUT2D eigenvalue weighted by Gasteiger charge is 2.22. The van der Waals surface area contributed by atoms with E-state index in [1.165, 1.54) is 4.57 Å². The van der Waals surface area contributed by atoms with E-state index in [1.807, 2.05) is 67.6 Å². The maximum Gasteiger partial charge on any atom is 0.331 e. The van der Waals surface area contributed by atoms with Gasteiger partial charge in [-0.25, -0.2) is 4.79 Å². The lowest BCUT2D eigenvalue weighted by molar-refractivity contribution is 0.537. The first-order valence-electron chi connectivity index (χ1n) is 9.94. The van der Waals surface area contributed by atoms with Crippen LogP contribution in [-0.2, 0) is 6.54 Å². The maximum atomic E-state index is 13.4. The van der Waals surface area contributed by atoms with E-state index >= 15 is 0 Å². The van der Waals surface area contributed by atoms with E-state index in [2.05, 4.69) is 10.2 Å². The Bertz CT molecular complexity index is 1190. The van der Waals surface area contributed by atoms with Crippen molar-refractivity contribution in [3.05, 3.63) is 117 Å². The number of nitrogens with zero attached hydrogens (tertiary/aromatic N) is 4. The van der Waals surface area contributed by atoms with Crippen molar-refractivity contribution in [1.29, 1.82) is 0 Å². The molecule has 0 aliphatic carbocycles. The number of hydrogen-bond acceptors (Lipinski definition) is 4. The van der Waals surface area contributed by atoms with Crippen LogP contribution in [0.5, 0.6) is 0 Å². The minimum Gasteiger partial charge on any atom is -0.288 e. The lowest BCUT2D eigenvalue weighted by Crippen LogP contribution is -2.42. The fraction of sp³-hybridized carbons (Fsp3) is 0.167. The summed E-state index contributed by atoms with van der Waals surface area (Å²) in [7, 11) is 0. The Morgan fingerprint density at radius 1 is 0.867 bits per heavy atom. The summed E-state index contributed by atoms with van der Waals surface area (Å²) in [5.74, 6) is 0. The van der Waals surface area contributed by atoms with Gasteiger partial charge in [0.1, 0.15) is 0 Å². The lowest BCUT2D eigenvalue weighted by Gasteiger charge is -2.23. The molecule has 0 saturated carbocycles. The Morgan fingerprint density at radius 3 is 2.03 bits per heavy atom. The Hall–Kier alpha value is -3.80. The first-order valence-corrected chi connectivity index (χ1v) is 9.94. The van der Waals surface area contributed by atoms with Crippen molar-refractivity contribution >= 4 is 0 Å². The third-order valence-corrected chi connectivity index (χ3v) is 5.00. The molecule has 4 rings (SSSR count). The van der Waals surface area contributed by atoms with E-state index in [0.29, 0.717) is 24.2 Å². The molecule has 0 radical (unpaired) electrons. The van der Waals surface area contributed by atoms with Gasteiger partial charge < -0.3 is 0 Å². The Labute approximate surface area is 174 Å². The average molecular weight is 398 g/mol. The van der Waals surface area contributed by atoms with E-state index in [1.54, 1.807) is 29.1 Å². The summed E-state index contributed by atoms with van der Waals surface area (Å²) in [5, 5.41) is 8.01. The fourth-order valence-electron chi connectivity index (χ4n) is 3.63. The second-order valence-corrected chi connectivity index (χ2v) is 7.02. The molecule has 0 aliphatic rings. The minimum atomic E-state index is -0.376. The van der Waals surface area contributed by atoms with Gasteiger partial charge in [-0.3, -0.25) is 13.9 Å². The summed E-state index contributed by atoms with van der Waals surface area (Å²) >= 11 is 0. The predicted octanol–water partition coefficient (Wildman–Crippen LogP) is 3.51. The standard InChI is InChI=1S/C24H22N4O2/c1-2-16-27-23(29)20(21-14-9-15-25-26-21)17-28(24(27)30)22(18-10-5-3-6-11-18)19-12-7-4-8-13-19/h3-15,17,22H,2,16H2,1H3. The second kappa shape index (κ2) is 8.69. The van der Waals surface area contributed by atoms with E-state index in [-0.39, 0.29) is 17.3 Å². The van der Waals surface area contributed by atoms with Crippen molar-refractivity contribution in [3.8, 4) is 11.3 Å². The predicted molar refractivity (Wildman–Crippen MR) is 116 cm³/mol. The first-order chi connectivity index (χ1) is 14.7. The van der Waals surface area contributed by atoms with Crippen LogP contribution >= 0.6 is 0 Å². The van der Waals surface area contributed by atoms with Crippen LogP contribution in [0.25, 0.3) is 11.3 Å². The SMILES string of the molecule is CCCn1c(=O)c(-c2cccnn2)cn(C(c2ccccc2)c2ccccc2)c1=O. The van der Waals surface area contributed by atoms with Gasteiger partial charge >= 0.3 is 5.69 Å². The lowest BCUT2D eigenvalue weighted by atomic mass is 9.98. The fourth-order valence-corrected chi connectivity index (χ4v) is 3.63. The number of rotatable bonds is 6. The van der Waals surface area contributed by atoms with Gasteiger partial charge in [-0.2, -0.15) is 10.2 Å². The second-order valence-electron chi connectivity index (χ2n) is 7.02. The number of benzene rings is 2. The molecule has 2 aromatic heterocycles. The Kier molecular flexibility index (Phi) is 5.66. The molecule has 6 heteroatoms. The largest absolute Gasteiger partial charge is 0.331 e. The number of aromatic nitrogens is 4. The molecule has 2 aromatic carbocycles. The van der Waals surface area contributed by atoms with Gasteiger partial charge in [-0.1, -0.05) is 67.6 Å². The molecule has 6 nitrogen and oxygen atoms in total. The van der Waals surface area contributed by atoms with Crippen LogP contribution in [0.3, 0.4) is 0 Å². The molecule has 2 heterocycles. The molecule has 0 atom stereocenters. The smallest absolute Gasteiger partial charge is 0.288 e. The van der Waals surface area contributed by atoms with Gasteiger partial charge in [-0.05, 0) is 29.7 Å². The van der Waals surface area contributed by atoms with Gasteiger partial charge in [0.15, 0.2) is 0 Å². The molecule has 0 saturated heterocycles. The molecule has 0 aliphatic heterocycles. The molecule has 0 amide bonds. The first kappa shape index (κ1) is 19.5. The zero-order valence-corrected chi connectivity index (χ0v) is 16.7. The molecular weight excluding hydrogens is 376 g/mol. The van der Waals surface area contributed by atoms with Gasteiger partial charge in [0, 0.05) is 18.9 Å². The quantitative estimate of drug-likeness (QED) is 0.498. The topological polar surface area (TPSA) is 69.8 Å². The van der Waals surface area contributed by atoms with Crippen LogP contribution in [-0.4, -0.2) is 19.3 Å². The zero-order chi connectivity index (χ0) is 20.9. The Morgan fingerprint density at radius 2 is 1.50 bits per heavy atom. The Balaban J connectivity index is 2.03. The minimum absolute atomic E-state index is 0.335. The van der Waals surface area contributed by atoms with E-state index in [9.17, 15) is 9.59 Å². The molecule has 30 heavy (non-hydrogen) atoms. The third-order valence-electron chi connectivity index (χ3n) is 5.00. The highest BCUT2D eigenvalue weighted by atomic mass is 16.2. The van der Waals surface area contributed by atoms with Crippen LogP contribution in [0.15, 0.2) is 94.8 Å². The van der Waals surface area contributed by atoms with E-state index < -0.39 is 0 Å². The summed E-state index contributed by atoms with van der Waals surface area (Å²) in [6, 6.07) is 22.7. The molecule has 150 valence electrons. The van der Waals surface area contributed by atoms with Crippen LogP contribution in [0, 0.1) is 0 Å². The average Bonchev–Trinajstić information content (AvgIpc) is 2.80. The highest BCUT2D eigenvalue weighted by Crippen LogP contribution is 2.26. The summed E-state index contributed by atoms with van der Waals surface area (Å²) < 4.78 is 2.93. The van der Waals surface area contributed by atoms with Gasteiger partial charge in [0.25, 0.3) is 5.56 Å². The highest BCUT2D eigenvalue weighted by molar-refractivity contribution is 5.56. The van der Waals surface area contributed by atoms with Crippen molar-refractivity contribution in [2.24, 2.45) is 0 Å².